The van der Waals surface area contributed by atoms with Gasteiger partial charge >= 0.3 is 12.1 Å². The van der Waals surface area contributed by atoms with Gasteiger partial charge in [-0.05, 0) is 32.1 Å². The van der Waals surface area contributed by atoms with Gasteiger partial charge in [-0.1, -0.05) is 18.3 Å². The highest BCUT2D eigenvalue weighted by molar-refractivity contribution is 5.71. The Labute approximate surface area is 125 Å². The maximum absolute atomic E-state index is 11.6. The first-order valence-corrected chi connectivity index (χ1v) is 7.58. The summed E-state index contributed by atoms with van der Waals surface area (Å²) in [6.45, 7) is 0.478. The summed E-state index contributed by atoms with van der Waals surface area (Å²) < 4.78 is 5.26. The van der Waals surface area contributed by atoms with Crippen molar-refractivity contribution in [1.29, 1.82) is 0 Å². The van der Waals surface area contributed by atoms with Gasteiger partial charge in [-0.2, -0.15) is 0 Å². The number of alkyl carbamates (subject to hydrolysis) is 1. The molecular formula is C15H25N2O4+. The van der Waals surface area contributed by atoms with Gasteiger partial charge in [-0.3, -0.25) is 0 Å². The zero-order valence-electron chi connectivity index (χ0n) is 12.4. The number of carboxylic acid groups (broad SMARTS) is 1. The van der Waals surface area contributed by atoms with Crippen molar-refractivity contribution < 1.29 is 25.2 Å². The monoisotopic (exact) mass is 297 g/mol. The number of carbonyl (C=O) groups excluding carboxylic acids is 1. The highest BCUT2D eigenvalue weighted by atomic mass is 16.6. The van der Waals surface area contributed by atoms with Crippen LogP contribution < -0.4 is 11.1 Å². The number of quaternary nitrogens is 1. The number of carbonyl (C=O) groups is 2. The van der Waals surface area contributed by atoms with Crippen molar-refractivity contribution in [3.63, 3.8) is 0 Å². The zero-order chi connectivity index (χ0) is 15.5. The summed E-state index contributed by atoms with van der Waals surface area (Å²) in [5, 5.41) is 11.4. The van der Waals surface area contributed by atoms with Gasteiger partial charge in [-0.25, -0.2) is 9.59 Å². The second-order valence-electron chi connectivity index (χ2n) is 5.27. The average Bonchev–Trinajstić information content (AvgIpc) is 2.41. The van der Waals surface area contributed by atoms with Gasteiger partial charge in [0.2, 0.25) is 0 Å². The lowest BCUT2D eigenvalue weighted by Crippen LogP contribution is -2.64. The Bertz CT molecular complexity index is 400. The van der Waals surface area contributed by atoms with Crippen LogP contribution in [0.5, 0.6) is 0 Å². The number of nitrogens with one attached hydrogen (secondary N) is 1. The fourth-order valence-corrected chi connectivity index (χ4v) is 2.07. The molecule has 0 aromatic heterocycles. The summed E-state index contributed by atoms with van der Waals surface area (Å²) in [6, 6.07) is -0.581. The van der Waals surface area contributed by atoms with Crippen LogP contribution in [0.15, 0.2) is 0 Å². The molecule has 0 aliphatic heterocycles. The molecule has 0 bridgehead atoms. The second-order valence-corrected chi connectivity index (χ2v) is 5.27. The van der Waals surface area contributed by atoms with Crippen LogP contribution in [0, 0.1) is 11.8 Å². The molecule has 5 N–H and O–H groups in total. The lowest BCUT2D eigenvalue weighted by atomic mass is 10.1. The molecule has 2 atom stereocenters. The molecule has 2 unspecified atom stereocenters. The first-order valence-electron chi connectivity index (χ1n) is 7.58. The van der Waals surface area contributed by atoms with Crippen LogP contribution in [-0.2, 0) is 9.53 Å². The van der Waals surface area contributed by atoms with E-state index in [4.69, 9.17) is 9.84 Å². The molecule has 1 aliphatic rings. The van der Waals surface area contributed by atoms with E-state index in [-0.39, 0.29) is 6.10 Å². The van der Waals surface area contributed by atoms with Crippen molar-refractivity contribution in [3.8, 4) is 11.8 Å². The normalized spacial score (nSPS) is 19.4. The quantitative estimate of drug-likeness (QED) is 0.480. The van der Waals surface area contributed by atoms with Crippen LogP contribution in [0.4, 0.5) is 4.79 Å². The van der Waals surface area contributed by atoms with E-state index in [0.717, 1.165) is 32.1 Å². The topological polar surface area (TPSA) is 103 Å². The lowest BCUT2D eigenvalue weighted by Gasteiger charge is -2.14. The number of carboxylic acids is 1. The summed E-state index contributed by atoms with van der Waals surface area (Å²) >= 11 is 0. The van der Waals surface area contributed by atoms with E-state index in [0.29, 0.717) is 25.8 Å². The zero-order valence-corrected chi connectivity index (χ0v) is 12.4. The number of ether oxygens (including phenoxy) is 1. The van der Waals surface area contributed by atoms with Crippen LogP contribution in [-0.4, -0.2) is 35.9 Å². The van der Waals surface area contributed by atoms with E-state index >= 15 is 0 Å². The molecule has 0 fully saturated rings. The first-order chi connectivity index (χ1) is 10.1. The van der Waals surface area contributed by atoms with E-state index in [1.807, 2.05) is 0 Å². The molecule has 21 heavy (non-hydrogen) atoms. The van der Waals surface area contributed by atoms with Gasteiger partial charge in [0.25, 0.3) is 0 Å². The molecule has 0 aromatic carbocycles. The van der Waals surface area contributed by atoms with Crippen LogP contribution in [0.25, 0.3) is 0 Å². The Kier molecular flexibility index (Phi) is 8.29. The van der Waals surface area contributed by atoms with Crippen molar-refractivity contribution in [3.05, 3.63) is 0 Å². The number of hydrogen-bond donors (Lipinski definition) is 3. The molecule has 0 aromatic rings. The molecule has 0 saturated carbocycles. The Morgan fingerprint density at radius 1 is 1.33 bits per heavy atom. The third-order valence-corrected chi connectivity index (χ3v) is 3.38. The SMILES string of the molecule is [NH3+]C(CCCCNC(=O)OC1C#CCCCCC1)C(=O)O. The third kappa shape index (κ3) is 8.20. The predicted molar refractivity (Wildman–Crippen MR) is 77.3 cm³/mol. The third-order valence-electron chi connectivity index (χ3n) is 3.38. The fraction of sp³-hybridized carbons (Fsp3) is 0.733. The molecule has 6 nitrogen and oxygen atoms in total. The van der Waals surface area contributed by atoms with E-state index in [2.05, 4.69) is 22.9 Å². The van der Waals surface area contributed by atoms with Gasteiger partial charge in [0.05, 0.1) is 0 Å². The number of aliphatic carboxylic acids is 1. The lowest BCUT2D eigenvalue weighted by molar-refractivity contribution is -0.409. The Hall–Kier alpha value is -1.74. The number of hydrogen-bond acceptors (Lipinski definition) is 3. The molecule has 118 valence electrons. The maximum atomic E-state index is 11.6. The highest BCUT2D eigenvalue weighted by Gasteiger charge is 2.15. The highest BCUT2D eigenvalue weighted by Crippen LogP contribution is 2.10. The van der Waals surface area contributed by atoms with Gasteiger partial charge in [0.1, 0.15) is 0 Å². The minimum absolute atomic E-state index is 0.304. The summed E-state index contributed by atoms with van der Waals surface area (Å²) in [7, 11) is 0. The predicted octanol–water partition coefficient (Wildman–Crippen LogP) is 0.914. The first kappa shape index (κ1) is 17.3. The van der Waals surface area contributed by atoms with E-state index in [9.17, 15) is 9.59 Å². The van der Waals surface area contributed by atoms with Crippen molar-refractivity contribution in [2.75, 3.05) is 6.54 Å². The number of amides is 1. The van der Waals surface area contributed by atoms with E-state index in [1.54, 1.807) is 0 Å². The molecule has 0 spiro atoms. The summed E-state index contributed by atoms with van der Waals surface area (Å²) in [6.07, 6.45) is 6.14. The van der Waals surface area contributed by atoms with Crippen molar-refractivity contribution in [2.24, 2.45) is 0 Å². The fourth-order valence-electron chi connectivity index (χ4n) is 2.07. The molecule has 0 radical (unpaired) electrons. The van der Waals surface area contributed by atoms with Gasteiger partial charge < -0.3 is 20.9 Å². The molecular weight excluding hydrogens is 272 g/mol. The summed E-state index contributed by atoms with van der Waals surface area (Å²) in [5.74, 6) is 5.12. The standard InChI is InChI=1S/C15H24N2O4/c16-13(14(18)19)10-6-7-11-17-15(20)21-12-8-4-2-1-3-5-9-12/h12-13H,1-4,6-8,10-11,16H2,(H,17,20)(H,18,19)/p+1. The molecule has 1 rings (SSSR count). The minimum Gasteiger partial charge on any atom is -0.477 e. The molecule has 0 saturated heterocycles. The van der Waals surface area contributed by atoms with Crippen LogP contribution in [0.3, 0.4) is 0 Å². The van der Waals surface area contributed by atoms with Gasteiger partial charge in [-0.15, -0.1) is 0 Å². The molecule has 0 heterocycles. The minimum atomic E-state index is -0.884. The summed E-state index contributed by atoms with van der Waals surface area (Å²) in [5.41, 5.74) is 3.54. The summed E-state index contributed by atoms with van der Waals surface area (Å²) in [4.78, 5) is 22.2. The van der Waals surface area contributed by atoms with Gasteiger partial charge in [0.15, 0.2) is 12.1 Å². The number of unbranched alkanes of at least 4 members (excludes halogenated alkanes) is 1. The van der Waals surface area contributed by atoms with E-state index in [1.165, 1.54) is 0 Å². The maximum Gasteiger partial charge on any atom is 0.408 e. The van der Waals surface area contributed by atoms with Crippen LogP contribution in [0.1, 0.15) is 51.4 Å². The van der Waals surface area contributed by atoms with E-state index < -0.39 is 18.1 Å². The van der Waals surface area contributed by atoms with Crippen molar-refractivity contribution >= 4 is 12.1 Å². The number of rotatable bonds is 7. The average molecular weight is 297 g/mol. The van der Waals surface area contributed by atoms with Gasteiger partial charge in [0, 0.05) is 19.4 Å². The second kappa shape index (κ2) is 10.1. The van der Waals surface area contributed by atoms with Crippen molar-refractivity contribution in [1.82, 2.24) is 5.32 Å². The Morgan fingerprint density at radius 2 is 2.14 bits per heavy atom. The van der Waals surface area contributed by atoms with Crippen LogP contribution >= 0.6 is 0 Å². The largest absolute Gasteiger partial charge is 0.477 e. The Morgan fingerprint density at radius 3 is 2.90 bits per heavy atom. The van der Waals surface area contributed by atoms with Crippen molar-refractivity contribution in [2.45, 2.75) is 63.5 Å². The van der Waals surface area contributed by atoms with Crippen LogP contribution in [0.2, 0.25) is 0 Å². The Balaban J connectivity index is 2.11. The smallest absolute Gasteiger partial charge is 0.408 e. The molecule has 6 heteroatoms. The molecule has 1 amide bonds. The molecule has 1 aliphatic carbocycles.